The van der Waals surface area contributed by atoms with Crippen molar-refractivity contribution in [3.63, 3.8) is 0 Å². The van der Waals surface area contributed by atoms with E-state index in [0.717, 1.165) is 0 Å². The maximum atomic E-state index is 3.84. The van der Waals surface area contributed by atoms with Crippen LogP contribution in [0.2, 0.25) is 0 Å². The van der Waals surface area contributed by atoms with Gasteiger partial charge in [0.15, 0.2) is 0 Å². The normalized spacial score (nSPS) is 12.2. The van der Waals surface area contributed by atoms with Gasteiger partial charge >= 0.3 is 0 Å². The molecule has 0 spiro atoms. The van der Waals surface area contributed by atoms with Crippen molar-refractivity contribution in [2.45, 2.75) is 6.92 Å². The predicted octanol–water partition coefficient (Wildman–Crippen LogP) is 11.8. The summed E-state index contributed by atoms with van der Waals surface area (Å²) in [6, 6.07) is 44.7. The minimum absolute atomic E-state index is 1.17. The number of rotatable bonds is 4. The number of hydrogen-bond donors (Lipinski definition) is 0. The van der Waals surface area contributed by atoms with E-state index in [1.165, 1.54) is 86.3 Å². The first-order chi connectivity index (χ1) is 21.7. The van der Waals surface area contributed by atoms with Gasteiger partial charge in [-0.05, 0) is 78.7 Å². The molecule has 0 fully saturated rings. The van der Waals surface area contributed by atoms with Crippen LogP contribution in [0.3, 0.4) is 0 Å². The van der Waals surface area contributed by atoms with Crippen molar-refractivity contribution in [3.8, 4) is 11.4 Å². The van der Waals surface area contributed by atoms with E-state index < -0.39 is 0 Å². The quantitative estimate of drug-likeness (QED) is 0.183. The highest BCUT2D eigenvalue weighted by atomic mass is 32.1. The number of aryl methyl sites for hydroxylation is 1. The fourth-order valence-electron chi connectivity index (χ4n) is 6.98. The molecule has 0 saturated heterocycles. The van der Waals surface area contributed by atoms with Crippen LogP contribution >= 0.6 is 11.3 Å². The molecule has 0 aliphatic carbocycles. The van der Waals surface area contributed by atoms with E-state index in [0.29, 0.717) is 0 Å². The van der Waals surface area contributed by atoms with Gasteiger partial charge in [-0.1, -0.05) is 85.5 Å². The summed E-state index contributed by atoms with van der Waals surface area (Å²) in [7, 11) is 0. The number of fused-ring (bicyclic) bond motifs is 9. The lowest BCUT2D eigenvalue weighted by Gasteiger charge is -2.10. The zero-order valence-corrected chi connectivity index (χ0v) is 25.1. The van der Waals surface area contributed by atoms with Crippen LogP contribution in [-0.2, 0) is 0 Å². The van der Waals surface area contributed by atoms with E-state index in [2.05, 4.69) is 150 Å². The standard InChI is InChI=1S/C41H28N2S/c1-3-4-12-27-22-35-32-20-19-29(23-41(32)44-40(35)21-26(27)2)43-37-18-11-9-16-31(37)34-24-33-30-15-8-10-17-36(30)42(38(33)25-39(34)43)28-13-6-5-7-14-28/h3-25H,1H2,2H3/b12-4-. The van der Waals surface area contributed by atoms with Crippen molar-refractivity contribution in [2.75, 3.05) is 0 Å². The molecule has 0 amide bonds. The summed E-state index contributed by atoms with van der Waals surface area (Å²) in [4.78, 5) is 0. The first-order valence-electron chi connectivity index (χ1n) is 15.0. The van der Waals surface area contributed by atoms with E-state index in [1.807, 2.05) is 23.5 Å². The zero-order chi connectivity index (χ0) is 29.4. The molecule has 9 rings (SSSR count). The van der Waals surface area contributed by atoms with Crippen molar-refractivity contribution in [1.29, 1.82) is 0 Å². The highest BCUT2D eigenvalue weighted by molar-refractivity contribution is 7.25. The third-order valence-electron chi connectivity index (χ3n) is 8.99. The van der Waals surface area contributed by atoms with Gasteiger partial charge in [0.2, 0.25) is 0 Å². The van der Waals surface area contributed by atoms with Crippen LogP contribution in [-0.4, -0.2) is 9.13 Å². The summed E-state index contributed by atoms with van der Waals surface area (Å²) in [6.45, 7) is 6.03. The fraction of sp³-hybridized carbons (Fsp3) is 0.0244. The third-order valence-corrected chi connectivity index (χ3v) is 10.1. The van der Waals surface area contributed by atoms with Crippen LogP contribution in [0.5, 0.6) is 0 Å². The summed E-state index contributed by atoms with van der Waals surface area (Å²) < 4.78 is 7.47. The molecule has 0 unspecified atom stereocenters. The van der Waals surface area contributed by atoms with Gasteiger partial charge in [0.25, 0.3) is 0 Å². The molecule has 44 heavy (non-hydrogen) atoms. The second kappa shape index (κ2) is 9.57. The Morgan fingerprint density at radius 1 is 0.523 bits per heavy atom. The predicted molar refractivity (Wildman–Crippen MR) is 192 cm³/mol. The highest BCUT2D eigenvalue weighted by Gasteiger charge is 2.19. The van der Waals surface area contributed by atoms with E-state index in [9.17, 15) is 0 Å². The minimum atomic E-state index is 1.17. The van der Waals surface area contributed by atoms with Crippen molar-refractivity contribution in [2.24, 2.45) is 0 Å². The van der Waals surface area contributed by atoms with Crippen molar-refractivity contribution < 1.29 is 0 Å². The molecule has 3 heteroatoms. The molecule has 0 N–H and O–H groups in total. The summed E-state index contributed by atoms with van der Waals surface area (Å²) in [5.74, 6) is 0. The number of para-hydroxylation sites is 3. The number of aromatic nitrogens is 2. The second-order valence-corrected chi connectivity index (χ2v) is 12.6. The monoisotopic (exact) mass is 580 g/mol. The van der Waals surface area contributed by atoms with Crippen molar-refractivity contribution in [3.05, 3.63) is 151 Å². The molecule has 6 aromatic carbocycles. The summed E-state index contributed by atoms with van der Waals surface area (Å²) >= 11 is 1.87. The Morgan fingerprint density at radius 2 is 1.16 bits per heavy atom. The Morgan fingerprint density at radius 3 is 1.86 bits per heavy atom. The lowest BCUT2D eigenvalue weighted by Crippen LogP contribution is -1.95. The van der Waals surface area contributed by atoms with Gasteiger partial charge in [0.05, 0.1) is 22.1 Å². The second-order valence-electron chi connectivity index (χ2n) is 11.5. The molecular weight excluding hydrogens is 553 g/mol. The average Bonchev–Trinajstić information content (AvgIpc) is 3.69. The van der Waals surface area contributed by atoms with Crippen molar-refractivity contribution in [1.82, 2.24) is 9.13 Å². The Hall–Kier alpha value is -5.38. The fourth-order valence-corrected chi connectivity index (χ4v) is 8.20. The number of nitrogens with zero attached hydrogens (tertiary/aromatic N) is 2. The number of hydrogen-bond acceptors (Lipinski definition) is 1. The maximum Gasteiger partial charge on any atom is 0.0562 e. The van der Waals surface area contributed by atoms with Gasteiger partial charge in [0, 0.05) is 53.1 Å². The van der Waals surface area contributed by atoms with Crippen LogP contribution < -0.4 is 0 Å². The van der Waals surface area contributed by atoms with Gasteiger partial charge in [-0.25, -0.2) is 0 Å². The highest BCUT2D eigenvalue weighted by Crippen LogP contribution is 2.41. The first-order valence-corrected chi connectivity index (χ1v) is 15.8. The summed E-state index contributed by atoms with van der Waals surface area (Å²) in [5, 5.41) is 7.70. The van der Waals surface area contributed by atoms with Crippen LogP contribution in [0.15, 0.2) is 140 Å². The molecule has 208 valence electrons. The lowest BCUT2D eigenvalue weighted by molar-refractivity contribution is 1.17. The van der Waals surface area contributed by atoms with E-state index in [1.54, 1.807) is 0 Å². The Labute approximate surface area is 259 Å². The SMILES string of the molecule is C=C/C=C\c1cc2c(cc1C)sc1cc(-n3c4ccccc4c4cc5c6ccccc6n(-c6ccccc6)c5cc43)ccc12. The van der Waals surface area contributed by atoms with Crippen LogP contribution in [0.25, 0.3) is 81.2 Å². The van der Waals surface area contributed by atoms with E-state index >= 15 is 0 Å². The van der Waals surface area contributed by atoms with Crippen molar-refractivity contribution >= 4 is 81.2 Å². The number of thiophene rings is 1. The van der Waals surface area contributed by atoms with Crippen LogP contribution in [0.4, 0.5) is 0 Å². The largest absolute Gasteiger partial charge is 0.309 e. The zero-order valence-electron chi connectivity index (χ0n) is 24.3. The molecule has 0 saturated carbocycles. The molecular formula is C41H28N2S. The maximum absolute atomic E-state index is 3.84. The van der Waals surface area contributed by atoms with Gasteiger partial charge in [-0.3, -0.25) is 0 Å². The lowest BCUT2D eigenvalue weighted by atomic mass is 10.0. The number of allylic oxidation sites excluding steroid dienone is 2. The van der Waals surface area contributed by atoms with E-state index in [-0.39, 0.29) is 0 Å². The molecule has 0 aliphatic heterocycles. The molecule has 2 nitrogen and oxygen atoms in total. The number of benzene rings is 6. The van der Waals surface area contributed by atoms with E-state index in [4.69, 9.17) is 0 Å². The molecule has 0 atom stereocenters. The third kappa shape index (κ3) is 3.60. The summed E-state index contributed by atoms with van der Waals surface area (Å²) in [5.41, 5.74) is 9.74. The van der Waals surface area contributed by atoms with Gasteiger partial charge < -0.3 is 9.13 Å². The van der Waals surface area contributed by atoms with Crippen LogP contribution in [0.1, 0.15) is 11.1 Å². The molecule has 3 heterocycles. The molecule has 0 bridgehead atoms. The Bertz CT molecular complexity index is 2630. The topological polar surface area (TPSA) is 9.86 Å². The molecule has 3 aromatic heterocycles. The van der Waals surface area contributed by atoms with Gasteiger partial charge in [0.1, 0.15) is 0 Å². The summed E-state index contributed by atoms with van der Waals surface area (Å²) in [6.07, 6.45) is 5.99. The smallest absolute Gasteiger partial charge is 0.0562 e. The van der Waals surface area contributed by atoms with Crippen LogP contribution in [0, 0.1) is 6.92 Å². The van der Waals surface area contributed by atoms with Gasteiger partial charge in [-0.2, -0.15) is 0 Å². The Balaban J connectivity index is 1.35. The van der Waals surface area contributed by atoms with Gasteiger partial charge in [-0.15, -0.1) is 11.3 Å². The minimum Gasteiger partial charge on any atom is -0.309 e. The molecule has 0 aliphatic rings. The molecule has 0 radical (unpaired) electrons. The average molecular weight is 581 g/mol. The molecule has 9 aromatic rings. The Kier molecular flexibility index (Phi) is 5.47. The first kappa shape index (κ1) is 25.1.